The molecule has 0 saturated carbocycles. The number of amides is 3. The van der Waals surface area contributed by atoms with Crippen molar-refractivity contribution < 1.29 is 14.4 Å². The first-order valence-electron chi connectivity index (χ1n) is 7.72. The molecule has 24 heavy (non-hydrogen) atoms. The van der Waals surface area contributed by atoms with Crippen LogP contribution in [0.1, 0.15) is 24.8 Å². The predicted molar refractivity (Wildman–Crippen MR) is 89.0 cm³/mol. The molecule has 0 atom stereocenters. The number of hydrogen-bond acceptors (Lipinski definition) is 4. The summed E-state index contributed by atoms with van der Waals surface area (Å²) in [5, 5.41) is 1.88. The summed E-state index contributed by atoms with van der Waals surface area (Å²) in [6.45, 7) is 0.754. The standard InChI is InChI=1S/C17H17N3O3S/c21-14(8-9-20-15(22)6-7-16(20)23)18-17-19(10-11-24-17)12-13-4-2-1-3-5-13/h1-5,10-11H,6-9,12H2. The quantitative estimate of drug-likeness (QED) is 0.774. The average Bonchev–Trinajstić information content (AvgIpc) is 3.13. The predicted octanol–water partition coefficient (Wildman–Crippen LogP) is 1.56. The lowest BCUT2D eigenvalue weighted by atomic mass is 10.2. The van der Waals surface area contributed by atoms with Crippen molar-refractivity contribution in [1.29, 1.82) is 0 Å². The number of imide groups is 1. The van der Waals surface area contributed by atoms with Crippen LogP contribution in [-0.2, 0) is 20.9 Å². The van der Waals surface area contributed by atoms with E-state index in [0.29, 0.717) is 11.3 Å². The molecule has 3 rings (SSSR count). The number of benzene rings is 1. The number of aromatic nitrogens is 1. The van der Waals surface area contributed by atoms with Gasteiger partial charge >= 0.3 is 0 Å². The molecule has 0 aliphatic carbocycles. The van der Waals surface area contributed by atoms with Crippen LogP contribution in [0.2, 0.25) is 0 Å². The van der Waals surface area contributed by atoms with E-state index in [9.17, 15) is 14.4 Å². The van der Waals surface area contributed by atoms with Gasteiger partial charge in [-0.25, -0.2) is 0 Å². The Morgan fingerprint density at radius 3 is 2.54 bits per heavy atom. The van der Waals surface area contributed by atoms with Gasteiger partial charge in [-0.05, 0) is 5.56 Å². The van der Waals surface area contributed by atoms with E-state index in [1.165, 1.54) is 11.3 Å². The summed E-state index contributed by atoms with van der Waals surface area (Å²) in [6.07, 6.45) is 2.43. The Morgan fingerprint density at radius 1 is 1.12 bits per heavy atom. The highest BCUT2D eigenvalue weighted by Gasteiger charge is 2.28. The molecule has 124 valence electrons. The summed E-state index contributed by atoms with van der Waals surface area (Å²) >= 11 is 1.38. The largest absolute Gasteiger partial charge is 0.319 e. The molecule has 1 aliphatic heterocycles. The highest BCUT2D eigenvalue weighted by molar-refractivity contribution is 7.07. The molecule has 0 radical (unpaired) electrons. The molecule has 6 nitrogen and oxygen atoms in total. The molecule has 1 aliphatic rings. The highest BCUT2D eigenvalue weighted by Crippen LogP contribution is 2.12. The SMILES string of the molecule is O=C(CCN1C(=O)CCC1=O)N=c1sccn1Cc1ccccc1. The van der Waals surface area contributed by atoms with Crippen molar-refractivity contribution in [2.45, 2.75) is 25.8 Å². The zero-order chi connectivity index (χ0) is 16.9. The second-order valence-corrected chi connectivity index (χ2v) is 6.37. The van der Waals surface area contributed by atoms with Gasteiger partial charge in [-0.3, -0.25) is 19.3 Å². The van der Waals surface area contributed by atoms with Crippen molar-refractivity contribution in [1.82, 2.24) is 9.47 Å². The normalized spacial score (nSPS) is 15.3. The van der Waals surface area contributed by atoms with E-state index in [1.807, 2.05) is 46.5 Å². The van der Waals surface area contributed by atoms with Crippen LogP contribution < -0.4 is 4.80 Å². The molecule has 1 aromatic carbocycles. The van der Waals surface area contributed by atoms with Gasteiger partial charge in [0.15, 0.2) is 4.80 Å². The molecule has 2 aromatic rings. The fourth-order valence-electron chi connectivity index (χ4n) is 2.53. The summed E-state index contributed by atoms with van der Waals surface area (Å²) in [5.41, 5.74) is 1.12. The van der Waals surface area contributed by atoms with Gasteiger partial charge < -0.3 is 4.57 Å². The van der Waals surface area contributed by atoms with Crippen LogP contribution in [0.4, 0.5) is 0 Å². The maximum absolute atomic E-state index is 12.1. The molecular weight excluding hydrogens is 326 g/mol. The van der Waals surface area contributed by atoms with E-state index < -0.39 is 0 Å². The molecule has 1 saturated heterocycles. The molecule has 2 heterocycles. The molecule has 0 unspecified atom stereocenters. The van der Waals surface area contributed by atoms with Crippen molar-refractivity contribution >= 4 is 29.1 Å². The Balaban J connectivity index is 1.66. The maximum Gasteiger partial charge on any atom is 0.250 e. The molecule has 0 bridgehead atoms. The first-order valence-corrected chi connectivity index (χ1v) is 8.60. The van der Waals surface area contributed by atoms with Crippen molar-refractivity contribution in [3.05, 3.63) is 52.3 Å². The lowest BCUT2D eigenvalue weighted by Crippen LogP contribution is -2.31. The first kappa shape index (κ1) is 16.3. The van der Waals surface area contributed by atoms with Crippen LogP contribution in [0, 0.1) is 0 Å². The summed E-state index contributed by atoms with van der Waals surface area (Å²) in [5.74, 6) is -0.738. The third-order valence-electron chi connectivity index (χ3n) is 3.78. The zero-order valence-electron chi connectivity index (χ0n) is 13.1. The second-order valence-electron chi connectivity index (χ2n) is 5.49. The van der Waals surface area contributed by atoms with Crippen LogP contribution in [0.5, 0.6) is 0 Å². The number of thiazole rings is 1. The van der Waals surface area contributed by atoms with Crippen LogP contribution >= 0.6 is 11.3 Å². The van der Waals surface area contributed by atoms with Crippen molar-refractivity contribution in [2.75, 3.05) is 6.54 Å². The fraction of sp³-hybridized carbons (Fsp3) is 0.294. The molecular formula is C17H17N3O3S. The van der Waals surface area contributed by atoms with Crippen LogP contribution in [0.15, 0.2) is 46.9 Å². The third-order valence-corrected chi connectivity index (χ3v) is 4.57. The van der Waals surface area contributed by atoms with Crippen LogP contribution in [0.3, 0.4) is 0 Å². The Hall–Kier alpha value is -2.54. The van der Waals surface area contributed by atoms with Crippen molar-refractivity contribution in [3.8, 4) is 0 Å². The van der Waals surface area contributed by atoms with Gasteiger partial charge in [-0.15, -0.1) is 11.3 Å². The summed E-state index contributed by atoms with van der Waals surface area (Å²) in [7, 11) is 0. The van der Waals surface area contributed by atoms with Gasteiger partial charge in [-0.1, -0.05) is 30.3 Å². The fourth-order valence-corrected chi connectivity index (χ4v) is 3.27. The Morgan fingerprint density at radius 2 is 1.83 bits per heavy atom. The number of likely N-dealkylation sites (tertiary alicyclic amines) is 1. The van der Waals surface area contributed by atoms with Gasteiger partial charge in [0.2, 0.25) is 17.7 Å². The van der Waals surface area contributed by atoms with Crippen molar-refractivity contribution in [2.24, 2.45) is 4.99 Å². The van der Waals surface area contributed by atoms with Gasteiger partial charge in [0.1, 0.15) is 0 Å². The Labute approximate surface area is 143 Å². The van der Waals surface area contributed by atoms with Crippen LogP contribution in [-0.4, -0.2) is 33.7 Å². The summed E-state index contributed by atoms with van der Waals surface area (Å²) in [6, 6.07) is 9.92. The topological polar surface area (TPSA) is 71.7 Å². The molecule has 3 amide bonds. The van der Waals surface area contributed by atoms with E-state index in [2.05, 4.69) is 4.99 Å². The first-order chi connectivity index (χ1) is 11.6. The van der Waals surface area contributed by atoms with E-state index in [1.54, 1.807) is 0 Å². The molecule has 0 spiro atoms. The average molecular weight is 343 g/mol. The van der Waals surface area contributed by atoms with E-state index in [0.717, 1.165) is 10.5 Å². The zero-order valence-corrected chi connectivity index (χ0v) is 13.9. The van der Waals surface area contributed by atoms with E-state index >= 15 is 0 Å². The van der Waals surface area contributed by atoms with E-state index in [4.69, 9.17) is 0 Å². The molecule has 7 heteroatoms. The van der Waals surface area contributed by atoms with Gasteiger partial charge in [-0.2, -0.15) is 4.99 Å². The van der Waals surface area contributed by atoms with Gasteiger partial charge in [0.25, 0.3) is 0 Å². The lowest BCUT2D eigenvalue weighted by molar-refractivity contribution is -0.138. The lowest BCUT2D eigenvalue weighted by Gasteiger charge is -2.11. The minimum absolute atomic E-state index is 0.0563. The number of hydrogen-bond donors (Lipinski definition) is 0. The Kier molecular flexibility index (Phi) is 5.00. The third kappa shape index (κ3) is 3.86. The summed E-state index contributed by atoms with van der Waals surface area (Å²) < 4.78 is 1.91. The molecule has 1 fully saturated rings. The molecule has 1 aromatic heterocycles. The van der Waals surface area contributed by atoms with E-state index in [-0.39, 0.29) is 43.5 Å². The van der Waals surface area contributed by atoms with Gasteiger partial charge in [0.05, 0.1) is 0 Å². The van der Waals surface area contributed by atoms with Crippen LogP contribution in [0.25, 0.3) is 0 Å². The van der Waals surface area contributed by atoms with Crippen molar-refractivity contribution in [3.63, 3.8) is 0 Å². The number of nitrogens with zero attached hydrogens (tertiary/aromatic N) is 3. The van der Waals surface area contributed by atoms with Gasteiger partial charge in [0, 0.05) is 43.9 Å². The summed E-state index contributed by atoms with van der Waals surface area (Å²) in [4.78, 5) is 41.0. The Bertz CT molecular complexity index is 807. The molecule has 0 N–H and O–H groups in total. The highest BCUT2D eigenvalue weighted by atomic mass is 32.1. The second kappa shape index (κ2) is 7.35. The number of rotatable bonds is 5. The smallest absolute Gasteiger partial charge is 0.250 e. The minimum atomic E-state index is -0.327. The number of carbonyl (C=O) groups excluding carboxylic acids is 3. The maximum atomic E-state index is 12.1. The minimum Gasteiger partial charge on any atom is -0.319 e. The number of carbonyl (C=O) groups is 3. The monoisotopic (exact) mass is 343 g/mol.